The summed E-state index contributed by atoms with van der Waals surface area (Å²) in [5.41, 5.74) is 2.83. The van der Waals surface area contributed by atoms with Crippen molar-refractivity contribution in [1.29, 1.82) is 0 Å². The third-order valence-electron chi connectivity index (χ3n) is 7.11. The van der Waals surface area contributed by atoms with Crippen LogP contribution in [0.15, 0.2) is 11.3 Å². The molecule has 3 unspecified atom stereocenters. The third kappa shape index (κ3) is 2.54. The number of carbonyl (C=O) groups is 1. The van der Waals surface area contributed by atoms with Gasteiger partial charge in [0.15, 0.2) is 5.78 Å². The van der Waals surface area contributed by atoms with Crippen LogP contribution in [-0.2, 0) is 4.79 Å². The first-order chi connectivity index (χ1) is 11.0. The summed E-state index contributed by atoms with van der Waals surface area (Å²) in [5, 5.41) is 2.53. The fourth-order valence-corrected chi connectivity index (χ4v) is 5.43. The summed E-state index contributed by atoms with van der Waals surface area (Å²) in [5.74, 6) is 1.60. The minimum Gasteiger partial charge on any atom is -0.372 e. The lowest BCUT2D eigenvalue weighted by molar-refractivity contribution is -0.717. The molecule has 0 aromatic heterocycles. The minimum atomic E-state index is 0.364. The molecular weight excluding hydrogens is 286 g/mol. The van der Waals surface area contributed by atoms with E-state index >= 15 is 0 Å². The summed E-state index contributed by atoms with van der Waals surface area (Å²) in [6, 6.07) is 0. The van der Waals surface area contributed by atoms with Gasteiger partial charge in [0, 0.05) is 50.3 Å². The number of fused-ring (bicyclic) bond motifs is 1. The smallest absolute Gasteiger partial charge is 0.161 e. The van der Waals surface area contributed by atoms with E-state index in [1.54, 1.807) is 0 Å². The Balaban J connectivity index is 1.42. The maximum absolute atomic E-state index is 12.4. The maximum atomic E-state index is 12.4. The van der Waals surface area contributed by atoms with Gasteiger partial charge in [-0.25, -0.2) is 0 Å². The average Bonchev–Trinajstić information content (AvgIpc) is 2.92. The quantitative estimate of drug-likeness (QED) is 0.778. The van der Waals surface area contributed by atoms with Crippen LogP contribution in [0, 0.1) is 17.3 Å². The number of ketones is 1. The molecule has 4 heteroatoms. The number of nitrogens with two attached hydrogens (primary N) is 1. The molecular formula is C19H32N3O+. The van der Waals surface area contributed by atoms with Gasteiger partial charge in [-0.2, -0.15) is 0 Å². The molecule has 2 heterocycles. The Kier molecular flexibility index (Phi) is 3.80. The lowest BCUT2D eigenvalue weighted by Crippen LogP contribution is -2.95. The maximum Gasteiger partial charge on any atom is 0.161 e. The van der Waals surface area contributed by atoms with Gasteiger partial charge in [0.05, 0.1) is 6.54 Å². The molecule has 0 aromatic rings. The summed E-state index contributed by atoms with van der Waals surface area (Å²) in [6.45, 7) is 12.6. The second-order valence-corrected chi connectivity index (χ2v) is 8.64. The van der Waals surface area contributed by atoms with Crippen molar-refractivity contribution in [3.63, 3.8) is 0 Å². The molecule has 4 aliphatic rings. The number of hydrogen-bond donors (Lipinski definition) is 1. The van der Waals surface area contributed by atoms with Gasteiger partial charge in [0.1, 0.15) is 6.17 Å². The predicted molar refractivity (Wildman–Crippen MR) is 90.7 cm³/mol. The summed E-state index contributed by atoms with van der Waals surface area (Å²) in [7, 11) is 0. The van der Waals surface area contributed by atoms with Gasteiger partial charge in [0.25, 0.3) is 0 Å². The molecule has 0 aromatic carbocycles. The molecule has 23 heavy (non-hydrogen) atoms. The molecule has 128 valence electrons. The van der Waals surface area contributed by atoms with Crippen LogP contribution >= 0.6 is 0 Å². The standard InChI is InChI=1S/C19H31N3O/c1-13(17-15(23)12-14-18(17)19(14,2)3)21-8-10-22(11-9-21)16-6-4-5-7-20-16/h14,16,18,20H,4-12H2,1-3H3/p+1. The molecule has 0 spiro atoms. The van der Waals surface area contributed by atoms with Crippen molar-refractivity contribution in [2.75, 3.05) is 32.7 Å². The molecule has 2 aliphatic carbocycles. The van der Waals surface area contributed by atoms with E-state index in [4.69, 9.17) is 0 Å². The number of piperazine rings is 1. The monoisotopic (exact) mass is 318 g/mol. The molecule has 2 saturated carbocycles. The Bertz CT molecular complexity index is 525. The second kappa shape index (κ2) is 5.59. The second-order valence-electron chi connectivity index (χ2n) is 8.64. The van der Waals surface area contributed by atoms with Crippen molar-refractivity contribution in [2.24, 2.45) is 17.3 Å². The normalized spacial score (nSPS) is 39.3. The summed E-state index contributed by atoms with van der Waals surface area (Å²) in [6.07, 6.45) is 5.61. The van der Waals surface area contributed by atoms with Crippen molar-refractivity contribution < 1.29 is 10.1 Å². The predicted octanol–water partition coefficient (Wildman–Crippen LogP) is 1.20. The molecule has 0 radical (unpaired) electrons. The molecule has 2 N–H and O–H groups in total. The van der Waals surface area contributed by atoms with E-state index in [0.717, 1.165) is 32.6 Å². The lowest BCUT2D eigenvalue weighted by Gasteiger charge is -2.40. The van der Waals surface area contributed by atoms with E-state index in [1.807, 2.05) is 0 Å². The van der Waals surface area contributed by atoms with Gasteiger partial charge in [0.2, 0.25) is 0 Å². The van der Waals surface area contributed by atoms with Crippen LogP contribution in [0.3, 0.4) is 0 Å². The average molecular weight is 318 g/mol. The fourth-order valence-electron chi connectivity index (χ4n) is 5.43. The first-order valence-electron chi connectivity index (χ1n) is 9.56. The largest absolute Gasteiger partial charge is 0.372 e. The number of Topliss-reactive ketones (excluding diaryl/α,β-unsaturated/α-hetero) is 1. The fraction of sp³-hybridized carbons (Fsp3) is 0.842. The van der Waals surface area contributed by atoms with E-state index in [-0.39, 0.29) is 0 Å². The molecule has 4 fully saturated rings. The number of nitrogens with zero attached hydrogens (tertiary/aromatic N) is 2. The van der Waals surface area contributed by atoms with Gasteiger partial charge in [-0.1, -0.05) is 13.8 Å². The number of rotatable bonds is 2. The van der Waals surface area contributed by atoms with Crippen molar-refractivity contribution >= 4 is 5.78 Å². The van der Waals surface area contributed by atoms with Gasteiger partial charge in [-0.05, 0) is 37.0 Å². The van der Waals surface area contributed by atoms with Gasteiger partial charge >= 0.3 is 0 Å². The van der Waals surface area contributed by atoms with E-state index < -0.39 is 0 Å². The van der Waals surface area contributed by atoms with Crippen molar-refractivity contribution in [1.82, 2.24) is 9.80 Å². The Morgan fingerprint density at radius 2 is 1.91 bits per heavy atom. The third-order valence-corrected chi connectivity index (χ3v) is 7.11. The van der Waals surface area contributed by atoms with E-state index in [0.29, 0.717) is 29.2 Å². The van der Waals surface area contributed by atoms with E-state index in [9.17, 15) is 4.79 Å². The number of quaternary nitrogens is 1. The van der Waals surface area contributed by atoms with Crippen LogP contribution < -0.4 is 5.32 Å². The Hall–Kier alpha value is -0.870. The van der Waals surface area contributed by atoms with Crippen LogP contribution in [0.1, 0.15) is 46.5 Å². The van der Waals surface area contributed by atoms with Crippen LogP contribution in [0.5, 0.6) is 0 Å². The van der Waals surface area contributed by atoms with E-state index in [1.165, 1.54) is 37.1 Å². The van der Waals surface area contributed by atoms with Crippen molar-refractivity contribution in [3.8, 4) is 0 Å². The Morgan fingerprint density at radius 3 is 2.52 bits per heavy atom. The Morgan fingerprint density at radius 1 is 1.17 bits per heavy atom. The molecule has 3 atom stereocenters. The van der Waals surface area contributed by atoms with Crippen LogP contribution in [0.25, 0.3) is 0 Å². The Labute approximate surface area is 140 Å². The van der Waals surface area contributed by atoms with Crippen molar-refractivity contribution in [3.05, 3.63) is 11.3 Å². The zero-order valence-electron chi connectivity index (χ0n) is 15.0. The number of piperidine rings is 1. The first kappa shape index (κ1) is 15.6. The van der Waals surface area contributed by atoms with E-state index in [2.05, 4.69) is 35.9 Å². The summed E-state index contributed by atoms with van der Waals surface area (Å²) in [4.78, 5) is 17.5. The van der Waals surface area contributed by atoms with Gasteiger partial charge < -0.3 is 10.2 Å². The van der Waals surface area contributed by atoms with Crippen LogP contribution in [-0.4, -0.2) is 54.5 Å². The first-order valence-corrected chi connectivity index (χ1v) is 9.56. The highest BCUT2D eigenvalue weighted by atomic mass is 16.1. The summed E-state index contributed by atoms with van der Waals surface area (Å²) >= 11 is 0. The number of hydrogen-bond acceptors (Lipinski definition) is 3. The van der Waals surface area contributed by atoms with Crippen LogP contribution in [0.4, 0.5) is 0 Å². The SMILES string of the molecule is CC(=C1C(=O)CC2C1C2(C)C)N1CCN(C2CCCC[NH2+]2)CC1. The highest BCUT2D eigenvalue weighted by Gasteiger charge is 2.65. The topological polar surface area (TPSA) is 40.2 Å². The molecule has 2 saturated heterocycles. The zero-order chi connectivity index (χ0) is 16.2. The van der Waals surface area contributed by atoms with Crippen molar-refractivity contribution in [2.45, 2.75) is 52.6 Å². The highest BCUT2D eigenvalue weighted by molar-refractivity contribution is 6.01. The number of allylic oxidation sites excluding steroid dienone is 2. The lowest BCUT2D eigenvalue weighted by atomic mass is 9.95. The molecule has 2 aliphatic heterocycles. The highest BCUT2D eigenvalue weighted by Crippen LogP contribution is 2.68. The molecule has 4 rings (SSSR count). The molecule has 0 amide bonds. The zero-order valence-corrected chi connectivity index (χ0v) is 15.0. The van der Waals surface area contributed by atoms with Gasteiger partial charge in [-0.3, -0.25) is 9.69 Å². The molecule has 0 bridgehead atoms. The number of carbonyl (C=O) groups excluding carboxylic acids is 1. The minimum absolute atomic E-state index is 0.364. The van der Waals surface area contributed by atoms with Gasteiger partial charge in [-0.15, -0.1) is 0 Å². The molecule has 4 nitrogen and oxygen atoms in total. The summed E-state index contributed by atoms with van der Waals surface area (Å²) < 4.78 is 0. The van der Waals surface area contributed by atoms with Crippen LogP contribution in [0.2, 0.25) is 0 Å².